The van der Waals surface area contributed by atoms with Crippen molar-refractivity contribution in [1.29, 1.82) is 0 Å². The van der Waals surface area contributed by atoms with Crippen LogP contribution >= 0.6 is 129 Å². The summed E-state index contributed by atoms with van der Waals surface area (Å²) in [6.45, 7) is -1.64. The van der Waals surface area contributed by atoms with Crippen LogP contribution in [0.3, 0.4) is 0 Å². The molecule has 4 unspecified atom stereocenters. The zero-order valence-corrected chi connectivity index (χ0v) is 66.0. The fraction of sp³-hybridized carbons (Fsp3) is 0.547. The molecule has 2 saturated heterocycles. The number of rotatable bonds is 33. The largest absolute Gasteiger partial charge is 0.433 e. The summed E-state index contributed by atoms with van der Waals surface area (Å²) < 4.78 is 98.8. The number of aliphatic hydroxyl groups excluding tert-OH is 4. The number of nitrogens with one attached hydrogen (secondary N) is 3. The SMILES string of the molecule is CN(CCCCCl)P(=O)(OCc1ccc([N+](=O)[O-])o1)OC[C@H]1O[C@@H](n2cc(F)c(=O)[nH]c2=O)CC1O.CNCCCCCl.CP(Cl)(=NCCCCCl)OCc1ccc([N+](=O)[O-])o1.ClP(Cl)Cl.O=[N+]([O-])c1ccc(CO)o1.O=[N+]([O-])c1ccc(COP(Cl)Cl)o1.O=c1[nH]c(=O)n([C@H]2CC(O)[C@@H](CO)O2)cc1F. The highest BCUT2D eigenvalue weighted by Crippen LogP contribution is 2.54. The number of aromatic amines is 2. The van der Waals surface area contributed by atoms with Crippen molar-refractivity contribution in [3.05, 3.63) is 178 Å². The van der Waals surface area contributed by atoms with Crippen LogP contribution < -0.4 is 27.8 Å². The van der Waals surface area contributed by atoms with Gasteiger partial charge in [0.25, 0.3) is 11.1 Å². The summed E-state index contributed by atoms with van der Waals surface area (Å²) in [7, 11) is -0.596. The lowest BCUT2D eigenvalue weighted by Gasteiger charge is -2.28. The standard InChI is InChI=1S/C19H25ClFN4O10P.C10H15Cl2N2O4P.C9H11FN2O5.C5H4Cl2NO4P.C5H12ClN.C5H5NO4.Cl3P/c1-23(7-3-2-6-20)36(31,32-10-12-4-5-16(34-12)25(29)30)33-11-15-14(26)8-17(35-15)24-9-13(21)18(27)22-19(24)28;1-19(12,13-7-3-2-6-11)17-8-9-4-5-10(18-9)14(15)16;10-4-2-12(9(16)11-8(4)15)7-1-5(14)6(3-13)17-7;6-13(7)11-3-4-1-2-5(12-4)8(9)10;1-7-5-3-2-4-6;7-3-4-1-2-5(10-4)6(8)9;1-4(2)3/h4-5,9,14-15,17,26H,2-3,6-8,10-11H2,1H3,(H,22,27,28);4-5H,2-3,6-8H2,1H3;2,5-7,13-14H,1,3H2,(H,11,15,16);1-2H,3H2;7H,2-5H2,1H3;1-2,7H,3H2;/t14?,15-,17-,36?;;5?,6-,7-;;;;/m1.1..../s1. The summed E-state index contributed by atoms with van der Waals surface area (Å²) in [6, 6.07) is 10.4. The first-order valence-corrected chi connectivity index (χ1v) is 43.4. The van der Waals surface area contributed by atoms with Gasteiger partial charge < -0.3 is 61.9 Å². The van der Waals surface area contributed by atoms with Gasteiger partial charge in [-0.05, 0) is 117 Å². The van der Waals surface area contributed by atoms with Crippen LogP contribution in [0.4, 0.5) is 32.3 Å². The lowest BCUT2D eigenvalue weighted by atomic mass is 10.2. The second kappa shape index (κ2) is 51.8. The third-order valence-corrected chi connectivity index (χ3v) is 18.6. The first kappa shape index (κ1) is 97.5. The minimum absolute atomic E-state index is 0.0343. The highest BCUT2D eigenvalue weighted by molar-refractivity contribution is 8.20. The molecule has 6 aromatic rings. The number of aliphatic hydroxyl groups is 4. The topological polar surface area (TPSA) is 516 Å². The van der Waals surface area contributed by atoms with Crippen LogP contribution in [0.15, 0.2) is 103 Å². The fourth-order valence-electron chi connectivity index (χ4n) is 7.90. The summed E-state index contributed by atoms with van der Waals surface area (Å²) in [4.78, 5) is 87.8. The highest BCUT2D eigenvalue weighted by Gasteiger charge is 2.40. The second-order valence-electron chi connectivity index (χ2n) is 20.8. The molecule has 0 radical (unpaired) electrons. The van der Waals surface area contributed by atoms with Gasteiger partial charge >= 0.3 is 42.7 Å². The number of halogens is 11. The number of H-pyrrole nitrogens is 2. The summed E-state index contributed by atoms with van der Waals surface area (Å²) in [5.41, 5.74) is -4.05. The van der Waals surface area contributed by atoms with Crippen molar-refractivity contribution in [1.82, 2.24) is 29.1 Å². The van der Waals surface area contributed by atoms with Crippen LogP contribution in [0.5, 0.6) is 0 Å². The molecule has 53 heteroatoms. The summed E-state index contributed by atoms with van der Waals surface area (Å²) in [5, 5.41) is 81.6. The third-order valence-electron chi connectivity index (χ3n) is 13.0. The van der Waals surface area contributed by atoms with E-state index in [1.807, 2.05) is 7.05 Å². The molecule has 0 saturated carbocycles. The zero-order valence-electron chi connectivity index (χ0n) is 55.6. The molecule has 598 valence electrons. The number of alkyl halides is 3. The Morgan fingerprint density at radius 1 is 0.642 bits per heavy atom. The van der Waals surface area contributed by atoms with Crippen molar-refractivity contribution < 1.29 is 98.7 Å². The van der Waals surface area contributed by atoms with Crippen molar-refractivity contribution in [2.75, 3.05) is 71.2 Å². The van der Waals surface area contributed by atoms with Crippen molar-refractivity contribution in [2.45, 2.75) is 115 Å². The van der Waals surface area contributed by atoms with E-state index in [1.54, 1.807) is 16.6 Å². The minimum atomic E-state index is -4.03. The first-order chi connectivity index (χ1) is 50.0. The molecule has 8 atom stereocenters. The van der Waals surface area contributed by atoms with E-state index in [2.05, 4.69) is 14.5 Å². The number of unbranched alkanes of at least 4 members (excludes halogenated alkanes) is 3. The Morgan fingerprint density at radius 2 is 1.04 bits per heavy atom. The van der Waals surface area contributed by atoms with E-state index in [4.69, 9.17) is 153 Å². The molecule has 38 nitrogen and oxygen atoms in total. The van der Waals surface area contributed by atoms with E-state index in [0.29, 0.717) is 48.9 Å². The first-order valence-electron chi connectivity index (χ1n) is 30.2. The van der Waals surface area contributed by atoms with Crippen LogP contribution in [-0.2, 0) is 58.6 Å². The maximum absolute atomic E-state index is 13.6. The number of furan rings is 4. The Hall–Kier alpha value is -4.61. The average Bonchev–Trinajstić information content (AvgIpc) is 1.63. The zero-order chi connectivity index (χ0) is 79.9. The summed E-state index contributed by atoms with van der Waals surface area (Å²) in [6.07, 6.45) is 0.531. The number of ether oxygens (including phenoxy) is 2. The number of nitrogens with zero attached hydrogens (tertiary/aromatic N) is 8. The third kappa shape index (κ3) is 37.4. The predicted octanol–water partition coefficient (Wildman–Crippen LogP) is 13.3. The molecular weight excluding hydrogens is 1700 g/mol. The smallest absolute Gasteiger partial charge is 0.403 e. The second-order valence-corrected chi connectivity index (χ2v) is 36.0. The Balaban J connectivity index is 0.000000463. The van der Waals surface area contributed by atoms with Crippen LogP contribution in [0.25, 0.3) is 0 Å². The monoisotopic (exact) mass is 1770 g/mol. The molecule has 0 spiro atoms. The molecule has 0 aliphatic carbocycles. The van der Waals surface area contributed by atoms with Gasteiger partial charge in [0, 0.05) is 50.2 Å². The van der Waals surface area contributed by atoms with Crippen LogP contribution in [0, 0.1) is 52.1 Å². The molecule has 8 heterocycles. The van der Waals surface area contributed by atoms with Crippen molar-refractivity contribution >= 4 is 153 Å². The van der Waals surface area contributed by atoms with Gasteiger partial charge in [-0.15, -0.1) is 34.8 Å². The van der Waals surface area contributed by atoms with E-state index >= 15 is 0 Å². The van der Waals surface area contributed by atoms with E-state index in [1.165, 1.54) is 60.6 Å². The van der Waals surface area contributed by atoms with E-state index in [0.717, 1.165) is 53.1 Å². The van der Waals surface area contributed by atoms with E-state index < -0.39 is 144 Å². The van der Waals surface area contributed by atoms with Gasteiger partial charge in [0.15, 0.2) is 12.6 Å². The van der Waals surface area contributed by atoms with E-state index in [-0.39, 0.29) is 68.4 Å². The Kier molecular flexibility index (Phi) is 47.6. The van der Waals surface area contributed by atoms with Gasteiger partial charge in [-0.2, -0.15) is 8.78 Å². The average molecular weight is 1780 g/mol. The minimum Gasteiger partial charge on any atom is -0.403 e. The van der Waals surface area contributed by atoms with Crippen molar-refractivity contribution in [3.63, 3.8) is 0 Å². The molecule has 0 aromatic carbocycles. The molecule has 7 N–H and O–H groups in total. The van der Waals surface area contributed by atoms with Crippen LogP contribution in [0.1, 0.15) is 86.9 Å². The maximum Gasteiger partial charge on any atom is 0.433 e. The molecule has 6 aromatic heterocycles. The molecule has 2 fully saturated rings. The van der Waals surface area contributed by atoms with E-state index in [9.17, 15) is 83.2 Å². The summed E-state index contributed by atoms with van der Waals surface area (Å²) in [5.74, 6) is -2.32. The molecule has 0 amide bonds. The molecule has 2 aliphatic heterocycles. The lowest BCUT2D eigenvalue weighted by Crippen LogP contribution is -2.34. The molecule has 8 rings (SSSR count). The van der Waals surface area contributed by atoms with Gasteiger partial charge in [-0.1, -0.05) is 33.7 Å². The Bertz CT molecular complexity index is 3980. The van der Waals surface area contributed by atoms with Gasteiger partial charge in [-0.25, -0.2) is 18.8 Å². The normalized spacial score (nSPS) is 17.6. The highest BCUT2D eigenvalue weighted by atomic mass is 36.0. The molecular formula is C53H72Cl9F2N11O27P4. The molecule has 106 heavy (non-hydrogen) atoms. The molecule has 0 bridgehead atoms. The molecule has 2 aliphatic rings. The van der Waals surface area contributed by atoms with Gasteiger partial charge in [0.05, 0.1) is 62.1 Å². The fourth-order valence-corrected chi connectivity index (χ4v) is 11.8. The maximum atomic E-state index is 13.6. The Morgan fingerprint density at radius 3 is 1.42 bits per heavy atom. The van der Waals surface area contributed by atoms with Crippen molar-refractivity contribution in [3.8, 4) is 0 Å². The Labute approximate surface area is 645 Å². The number of hydrogen-bond acceptors (Lipinski definition) is 29. The predicted molar refractivity (Wildman–Crippen MR) is 390 cm³/mol. The summed E-state index contributed by atoms with van der Waals surface area (Å²) >= 11 is 48.1. The van der Waals surface area contributed by atoms with Gasteiger partial charge in [0.2, 0.25) is 18.5 Å². The van der Waals surface area contributed by atoms with Gasteiger partial charge in [0.1, 0.15) is 93.8 Å². The number of nitro groups is 4. The van der Waals surface area contributed by atoms with Crippen LogP contribution in [0.2, 0.25) is 0 Å². The number of hydrogen-bond donors (Lipinski definition) is 7. The van der Waals surface area contributed by atoms with Crippen molar-refractivity contribution in [2.24, 2.45) is 4.74 Å². The lowest BCUT2D eigenvalue weighted by molar-refractivity contribution is -0.402. The number of aromatic nitrogens is 4. The van der Waals surface area contributed by atoms with Gasteiger partial charge in [-0.3, -0.25) is 82.9 Å². The van der Waals surface area contributed by atoms with Crippen LogP contribution in [-0.4, -0.2) is 160 Å². The quantitative estimate of drug-likeness (QED) is 0.00661.